The Kier molecular flexibility index (Phi) is 7.44. The fraction of sp³-hybridized carbons (Fsp3) is 0.600. The van der Waals surface area contributed by atoms with Gasteiger partial charge in [-0.1, -0.05) is 19.3 Å². The molecule has 1 aliphatic rings. The van der Waals surface area contributed by atoms with Crippen molar-refractivity contribution < 1.29 is 19.4 Å². The molecule has 0 atom stereocenters. The summed E-state index contributed by atoms with van der Waals surface area (Å²) in [7, 11) is 1.59. The van der Waals surface area contributed by atoms with Crippen LogP contribution in [0.1, 0.15) is 61.7 Å². The molecule has 1 fully saturated rings. The number of methoxy groups -OCH3 is 1. The molecule has 0 bridgehead atoms. The minimum absolute atomic E-state index is 0.0366. The number of hydrogen-bond acceptors (Lipinski definition) is 4. The van der Waals surface area contributed by atoms with Crippen molar-refractivity contribution in [1.29, 1.82) is 0 Å². The highest BCUT2D eigenvalue weighted by molar-refractivity contribution is 5.96. The summed E-state index contributed by atoms with van der Waals surface area (Å²) in [6, 6.07) is 7.02. The molecule has 1 amide bonds. The highest BCUT2D eigenvalue weighted by atomic mass is 16.5. The minimum Gasteiger partial charge on any atom is -0.497 e. The first-order chi connectivity index (χ1) is 12.1. The lowest BCUT2D eigenvalue weighted by molar-refractivity contribution is -0.122. The maximum absolute atomic E-state index is 12.1. The maximum atomic E-state index is 12.1. The second-order valence-electron chi connectivity index (χ2n) is 7.00. The van der Waals surface area contributed by atoms with E-state index in [1.165, 1.54) is 6.42 Å². The molecule has 5 heteroatoms. The molecule has 1 aromatic carbocycles. The van der Waals surface area contributed by atoms with E-state index in [-0.39, 0.29) is 23.7 Å². The van der Waals surface area contributed by atoms with Gasteiger partial charge in [0.25, 0.3) is 0 Å². The number of amides is 1. The zero-order valence-electron chi connectivity index (χ0n) is 15.1. The monoisotopic (exact) mass is 347 g/mol. The van der Waals surface area contributed by atoms with E-state index in [1.807, 2.05) is 0 Å². The predicted octanol–water partition coefficient (Wildman–Crippen LogP) is 3.11. The first kappa shape index (κ1) is 19.4. The van der Waals surface area contributed by atoms with E-state index in [2.05, 4.69) is 5.32 Å². The van der Waals surface area contributed by atoms with Gasteiger partial charge in [0.2, 0.25) is 5.91 Å². The second-order valence-corrected chi connectivity index (χ2v) is 7.00. The lowest BCUT2D eigenvalue weighted by atomic mass is 9.74. The average Bonchev–Trinajstić information content (AvgIpc) is 2.67. The summed E-state index contributed by atoms with van der Waals surface area (Å²) in [5.41, 5.74) is 0.495. The molecule has 2 rings (SSSR count). The number of hydrogen-bond donors (Lipinski definition) is 2. The first-order valence-corrected chi connectivity index (χ1v) is 9.13. The van der Waals surface area contributed by atoms with Crippen LogP contribution in [-0.4, -0.2) is 37.1 Å². The van der Waals surface area contributed by atoms with Crippen LogP contribution in [0.2, 0.25) is 0 Å². The van der Waals surface area contributed by atoms with Crippen molar-refractivity contribution in [1.82, 2.24) is 5.32 Å². The molecule has 0 aliphatic heterocycles. The van der Waals surface area contributed by atoms with Gasteiger partial charge in [-0.25, -0.2) is 0 Å². The van der Waals surface area contributed by atoms with Crippen LogP contribution in [0.25, 0.3) is 0 Å². The fourth-order valence-electron chi connectivity index (χ4n) is 3.40. The van der Waals surface area contributed by atoms with Crippen LogP contribution >= 0.6 is 0 Å². The van der Waals surface area contributed by atoms with Crippen LogP contribution in [-0.2, 0) is 4.79 Å². The molecule has 0 radical (unpaired) electrons. The van der Waals surface area contributed by atoms with Crippen molar-refractivity contribution in [3.05, 3.63) is 29.8 Å². The topological polar surface area (TPSA) is 75.6 Å². The summed E-state index contributed by atoms with van der Waals surface area (Å²) in [5, 5.41) is 12.6. The van der Waals surface area contributed by atoms with Crippen molar-refractivity contribution in [2.24, 2.45) is 5.41 Å². The van der Waals surface area contributed by atoms with Crippen molar-refractivity contribution >= 4 is 11.7 Å². The van der Waals surface area contributed by atoms with E-state index >= 15 is 0 Å². The summed E-state index contributed by atoms with van der Waals surface area (Å²) in [6.07, 6.45) is 6.61. The molecule has 0 heterocycles. The van der Waals surface area contributed by atoms with Gasteiger partial charge in [-0.15, -0.1) is 0 Å². The van der Waals surface area contributed by atoms with Crippen LogP contribution in [0.5, 0.6) is 5.75 Å². The third-order valence-electron chi connectivity index (χ3n) is 5.13. The van der Waals surface area contributed by atoms with Gasteiger partial charge in [0, 0.05) is 30.4 Å². The van der Waals surface area contributed by atoms with Crippen LogP contribution in [0.4, 0.5) is 0 Å². The van der Waals surface area contributed by atoms with Crippen LogP contribution < -0.4 is 10.1 Å². The van der Waals surface area contributed by atoms with E-state index in [1.54, 1.807) is 31.4 Å². The molecule has 0 unspecified atom stereocenters. The second kappa shape index (κ2) is 9.56. The number of aliphatic hydroxyl groups is 1. The minimum atomic E-state index is -0.146. The molecule has 1 aromatic rings. The van der Waals surface area contributed by atoms with Gasteiger partial charge in [-0.2, -0.15) is 0 Å². The average molecular weight is 347 g/mol. The van der Waals surface area contributed by atoms with Crippen LogP contribution in [0.3, 0.4) is 0 Å². The SMILES string of the molecule is COc1ccc(C(=O)CCCC(=O)NCC2(CO)CCCCC2)cc1. The molecular formula is C20H29NO4. The largest absolute Gasteiger partial charge is 0.497 e. The van der Waals surface area contributed by atoms with Crippen molar-refractivity contribution in [2.75, 3.05) is 20.3 Å². The number of benzene rings is 1. The Hall–Kier alpha value is -1.88. The van der Waals surface area contributed by atoms with Crippen molar-refractivity contribution in [2.45, 2.75) is 51.4 Å². The van der Waals surface area contributed by atoms with Gasteiger partial charge in [-0.3, -0.25) is 9.59 Å². The Morgan fingerprint density at radius 2 is 1.80 bits per heavy atom. The zero-order valence-corrected chi connectivity index (χ0v) is 15.1. The number of nitrogens with one attached hydrogen (secondary N) is 1. The summed E-state index contributed by atoms with van der Waals surface area (Å²) in [5.74, 6) is 0.715. The number of rotatable bonds is 9. The molecule has 2 N–H and O–H groups in total. The van der Waals surface area contributed by atoms with E-state index in [9.17, 15) is 14.7 Å². The van der Waals surface area contributed by atoms with Crippen LogP contribution in [0, 0.1) is 5.41 Å². The summed E-state index contributed by atoms with van der Waals surface area (Å²) in [6.45, 7) is 0.665. The van der Waals surface area contributed by atoms with Crippen molar-refractivity contribution in [3.8, 4) is 5.75 Å². The van der Waals surface area contributed by atoms with E-state index in [0.717, 1.165) is 31.4 Å². The molecule has 1 saturated carbocycles. The Morgan fingerprint density at radius 1 is 1.12 bits per heavy atom. The molecule has 138 valence electrons. The van der Waals surface area contributed by atoms with Crippen LogP contribution in [0.15, 0.2) is 24.3 Å². The fourth-order valence-corrected chi connectivity index (χ4v) is 3.40. The summed E-state index contributed by atoms with van der Waals surface area (Å²) in [4.78, 5) is 24.1. The standard InChI is InChI=1S/C20H29NO4/c1-25-17-10-8-16(9-11-17)18(23)6-5-7-19(24)21-14-20(15-22)12-3-2-4-13-20/h8-11,22H,2-7,12-15H2,1H3,(H,21,24). The molecule has 1 aliphatic carbocycles. The molecule has 0 aromatic heterocycles. The third-order valence-corrected chi connectivity index (χ3v) is 5.13. The number of ketones is 1. The van der Waals surface area contributed by atoms with E-state index in [0.29, 0.717) is 31.4 Å². The highest BCUT2D eigenvalue weighted by Gasteiger charge is 2.31. The Bertz CT molecular complexity index is 562. The van der Waals surface area contributed by atoms with Gasteiger partial charge in [0.05, 0.1) is 13.7 Å². The molecule has 0 saturated heterocycles. The zero-order chi connectivity index (χ0) is 18.1. The molecule has 0 spiro atoms. The lowest BCUT2D eigenvalue weighted by Gasteiger charge is -2.35. The molecule has 5 nitrogen and oxygen atoms in total. The smallest absolute Gasteiger partial charge is 0.220 e. The van der Waals surface area contributed by atoms with Crippen molar-refractivity contribution in [3.63, 3.8) is 0 Å². The summed E-state index contributed by atoms with van der Waals surface area (Å²) < 4.78 is 5.07. The molecule has 25 heavy (non-hydrogen) atoms. The number of carbonyl (C=O) groups is 2. The number of ether oxygens (including phenoxy) is 1. The highest BCUT2D eigenvalue weighted by Crippen LogP contribution is 2.35. The van der Waals surface area contributed by atoms with E-state index < -0.39 is 0 Å². The Balaban J connectivity index is 1.69. The van der Waals surface area contributed by atoms with E-state index in [4.69, 9.17) is 4.74 Å². The number of Topliss-reactive ketones (excluding diaryl/α,β-unsaturated/α-hetero) is 1. The Morgan fingerprint density at radius 3 is 2.40 bits per heavy atom. The normalized spacial score (nSPS) is 16.2. The first-order valence-electron chi connectivity index (χ1n) is 9.13. The van der Waals surface area contributed by atoms with Gasteiger partial charge >= 0.3 is 0 Å². The van der Waals surface area contributed by atoms with Gasteiger partial charge in [-0.05, 0) is 43.5 Å². The Labute approximate surface area is 149 Å². The summed E-state index contributed by atoms with van der Waals surface area (Å²) >= 11 is 0. The van der Waals surface area contributed by atoms with Gasteiger partial charge in [0.1, 0.15) is 5.75 Å². The number of carbonyl (C=O) groups excluding carboxylic acids is 2. The lowest BCUT2D eigenvalue weighted by Crippen LogP contribution is -2.41. The quantitative estimate of drug-likeness (QED) is 0.673. The predicted molar refractivity (Wildman–Crippen MR) is 96.8 cm³/mol. The third kappa shape index (κ3) is 5.85. The van der Waals surface area contributed by atoms with Gasteiger partial charge in [0.15, 0.2) is 5.78 Å². The molecular weight excluding hydrogens is 318 g/mol. The number of aliphatic hydroxyl groups excluding tert-OH is 1. The maximum Gasteiger partial charge on any atom is 0.220 e. The van der Waals surface area contributed by atoms with Gasteiger partial charge < -0.3 is 15.2 Å².